The van der Waals surface area contributed by atoms with Crippen molar-refractivity contribution in [3.8, 4) is 5.75 Å². The third kappa shape index (κ3) is 2.05. The third-order valence-corrected chi connectivity index (χ3v) is 1.27. The normalized spacial score (nSPS) is 9.92. The lowest BCUT2D eigenvalue weighted by atomic mass is 10.3. The molecule has 64 valence electrons. The summed E-state index contributed by atoms with van der Waals surface area (Å²) in [7, 11) is 0. The third-order valence-electron chi connectivity index (χ3n) is 1.27. The average molecular weight is 165 g/mol. The smallest absolute Gasteiger partial charge is 0.172 e. The minimum absolute atomic E-state index is 0.0629. The van der Waals surface area contributed by atoms with Crippen molar-refractivity contribution >= 4 is 6.29 Å². The van der Waals surface area contributed by atoms with E-state index in [0.717, 1.165) is 0 Å². The number of carbonyl (C=O) groups is 1. The van der Waals surface area contributed by atoms with Crippen molar-refractivity contribution in [1.82, 2.24) is 4.98 Å². The van der Waals surface area contributed by atoms with Gasteiger partial charge in [0.2, 0.25) is 0 Å². The quantitative estimate of drug-likeness (QED) is 0.639. The van der Waals surface area contributed by atoms with Crippen molar-refractivity contribution in [3.05, 3.63) is 24.0 Å². The second kappa shape index (κ2) is 3.85. The van der Waals surface area contributed by atoms with Gasteiger partial charge < -0.3 is 4.74 Å². The second-order valence-electron chi connectivity index (χ2n) is 2.67. The lowest BCUT2D eigenvalue weighted by Gasteiger charge is -2.09. The van der Waals surface area contributed by atoms with Gasteiger partial charge in [0.15, 0.2) is 6.29 Å². The van der Waals surface area contributed by atoms with E-state index < -0.39 is 0 Å². The van der Waals surface area contributed by atoms with Crippen molar-refractivity contribution in [1.29, 1.82) is 0 Å². The predicted octanol–water partition coefficient (Wildman–Crippen LogP) is 1.68. The molecular formula is C9H11NO2. The van der Waals surface area contributed by atoms with E-state index in [2.05, 4.69) is 4.98 Å². The Balaban J connectivity index is 2.89. The summed E-state index contributed by atoms with van der Waals surface area (Å²) in [5, 5.41) is 0. The largest absolute Gasteiger partial charge is 0.489 e. The van der Waals surface area contributed by atoms with Gasteiger partial charge in [0.25, 0.3) is 0 Å². The van der Waals surface area contributed by atoms with Crippen LogP contribution in [0.5, 0.6) is 5.75 Å². The topological polar surface area (TPSA) is 39.2 Å². The molecule has 0 atom stereocenters. The summed E-state index contributed by atoms with van der Waals surface area (Å²) in [6.07, 6.45) is 2.32. The zero-order chi connectivity index (χ0) is 8.97. The lowest BCUT2D eigenvalue weighted by Crippen LogP contribution is -2.07. The SMILES string of the molecule is CC(C)Oc1cccnc1C=O. The standard InChI is InChI=1S/C9H11NO2/c1-7(2)12-9-4-3-5-10-8(9)6-11/h3-7H,1-2H3. The molecule has 0 spiro atoms. The van der Waals surface area contributed by atoms with Crippen LogP contribution in [0.25, 0.3) is 0 Å². The molecule has 0 unspecified atom stereocenters. The molecule has 0 bridgehead atoms. The highest BCUT2D eigenvalue weighted by Gasteiger charge is 2.03. The van der Waals surface area contributed by atoms with Gasteiger partial charge in [-0.15, -0.1) is 0 Å². The highest BCUT2D eigenvalue weighted by molar-refractivity contribution is 5.75. The molecule has 3 heteroatoms. The van der Waals surface area contributed by atoms with Crippen molar-refractivity contribution in [3.63, 3.8) is 0 Å². The van der Waals surface area contributed by atoms with Crippen LogP contribution in [0.2, 0.25) is 0 Å². The van der Waals surface area contributed by atoms with Gasteiger partial charge in [-0.05, 0) is 26.0 Å². The maximum Gasteiger partial charge on any atom is 0.172 e. The van der Waals surface area contributed by atoms with Gasteiger partial charge in [-0.25, -0.2) is 4.98 Å². The fraction of sp³-hybridized carbons (Fsp3) is 0.333. The van der Waals surface area contributed by atoms with E-state index in [1.54, 1.807) is 18.3 Å². The molecule has 1 aromatic rings. The molecule has 0 radical (unpaired) electrons. The predicted molar refractivity (Wildman–Crippen MR) is 45.4 cm³/mol. The monoisotopic (exact) mass is 165 g/mol. The van der Waals surface area contributed by atoms with Gasteiger partial charge >= 0.3 is 0 Å². The molecule has 3 nitrogen and oxygen atoms in total. The second-order valence-corrected chi connectivity index (χ2v) is 2.67. The van der Waals surface area contributed by atoms with E-state index in [1.807, 2.05) is 13.8 Å². The minimum Gasteiger partial charge on any atom is -0.489 e. The number of ether oxygens (including phenoxy) is 1. The van der Waals surface area contributed by atoms with Gasteiger partial charge in [-0.2, -0.15) is 0 Å². The van der Waals surface area contributed by atoms with Gasteiger partial charge in [0.1, 0.15) is 11.4 Å². The Morgan fingerprint density at radius 3 is 2.92 bits per heavy atom. The molecule has 0 saturated carbocycles. The van der Waals surface area contributed by atoms with Crippen molar-refractivity contribution in [2.24, 2.45) is 0 Å². The Bertz CT molecular complexity index is 271. The Labute approximate surface area is 71.4 Å². The highest BCUT2D eigenvalue weighted by atomic mass is 16.5. The first-order valence-electron chi connectivity index (χ1n) is 3.81. The Hall–Kier alpha value is -1.38. The lowest BCUT2D eigenvalue weighted by molar-refractivity contribution is 0.111. The number of rotatable bonds is 3. The van der Waals surface area contributed by atoms with Gasteiger partial charge in [0, 0.05) is 6.20 Å². The number of hydrogen-bond acceptors (Lipinski definition) is 3. The van der Waals surface area contributed by atoms with Crippen molar-refractivity contribution in [2.75, 3.05) is 0 Å². The first kappa shape index (κ1) is 8.71. The van der Waals surface area contributed by atoms with E-state index >= 15 is 0 Å². The molecule has 0 aliphatic rings. The summed E-state index contributed by atoms with van der Waals surface area (Å²) in [4.78, 5) is 14.3. The first-order chi connectivity index (χ1) is 5.74. The summed E-state index contributed by atoms with van der Waals surface area (Å²) < 4.78 is 5.34. The molecule has 0 saturated heterocycles. The summed E-state index contributed by atoms with van der Waals surface area (Å²) in [5.41, 5.74) is 0.353. The Morgan fingerprint density at radius 2 is 2.33 bits per heavy atom. The molecule has 12 heavy (non-hydrogen) atoms. The van der Waals surface area contributed by atoms with E-state index in [0.29, 0.717) is 17.7 Å². The molecule has 0 aromatic carbocycles. The minimum atomic E-state index is 0.0629. The van der Waals surface area contributed by atoms with E-state index in [9.17, 15) is 4.79 Å². The molecule has 0 amide bonds. The summed E-state index contributed by atoms with van der Waals surface area (Å²) >= 11 is 0. The molecule has 0 fully saturated rings. The molecular weight excluding hydrogens is 154 g/mol. The van der Waals surface area contributed by atoms with Crippen LogP contribution in [-0.2, 0) is 0 Å². The van der Waals surface area contributed by atoms with Crippen molar-refractivity contribution in [2.45, 2.75) is 20.0 Å². The number of carbonyl (C=O) groups excluding carboxylic acids is 1. The average Bonchev–Trinajstić information content (AvgIpc) is 2.04. The van der Waals surface area contributed by atoms with Crippen LogP contribution >= 0.6 is 0 Å². The van der Waals surface area contributed by atoms with Crippen LogP contribution in [0.3, 0.4) is 0 Å². The number of nitrogens with zero attached hydrogens (tertiary/aromatic N) is 1. The number of hydrogen-bond donors (Lipinski definition) is 0. The summed E-state index contributed by atoms with van der Waals surface area (Å²) in [5.74, 6) is 0.544. The van der Waals surface area contributed by atoms with E-state index in [4.69, 9.17) is 4.74 Å². The summed E-state index contributed by atoms with van der Waals surface area (Å²) in [6, 6.07) is 3.47. The van der Waals surface area contributed by atoms with Crippen LogP contribution in [-0.4, -0.2) is 17.4 Å². The Morgan fingerprint density at radius 1 is 1.58 bits per heavy atom. The maximum absolute atomic E-state index is 10.5. The summed E-state index contributed by atoms with van der Waals surface area (Å²) in [6.45, 7) is 3.81. The fourth-order valence-electron chi connectivity index (χ4n) is 0.845. The zero-order valence-corrected chi connectivity index (χ0v) is 7.15. The highest BCUT2D eigenvalue weighted by Crippen LogP contribution is 2.14. The van der Waals surface area contributed by atoms with E-state index in [1.165, 1.54) is 0 Å². The fourth-order valence-corrected chi connectivity index (χ4v) is 0.845. The molecule has 1 heterocycles. The molecule has 1 aromatic heterocycles. The van der Waals surface area contributed by atoms with Crippen LogP contribution in [0, 0.1) is 0 Å². The Kier molecular flexibility index (Phi) is 2.80. The molecule has 0 N–H and O–H groups in total. The van der Waals surface area contributed by atoms with Crippen LogP contribution < -0.4 is 4.74 Å². The van der Waals surface area contributed by atoms with Crippen LogP contribution in [0.1, 0.15) is 24.3 Å². The maximum atomic E-state index is 10.5. The number of pyridine rings is 1. The van der Waals surface area contributed by atoms with Gasteiger partial charge in [-0.3, -0.25) is 4.79 Å². The van der Waals surface area contributed by atoms with Gasteiger partial charge in [-0.1, -0.05) is 0 Å². The number of aldehydes is 1. The van der Waals surface area contributed by atoms with Gasteiger partial charge in [0.05, 0.1) is 6.10 Å². The molecule has 0 aliphatic carbocycles. The number of aromatic nitrogens is 1. The van der Waals surface area contributed by atoms with Crippen LogP contribution in [0.15, 0.2) is 18.3 Å². The van der Waals surface area contributed by atoms with Crippen molar-refractivity contribution < 1.29 is 9.53 Å². The zero-order valence-electron chi connectivity index (χ0n) is 7.15. The molecule has 1 rings (SSSR count). The van der Waals surface area contributed by atoms with E-state index in [-0.39, 0.29) is 6.10 Å². The van der Waals surface area contributed by atoms with Crippen LogP contribution in [0.4, 0.5) is 0 Å². The molecule has 0 aliphatic heterocycles. The first-order valence-corrected chi connectivity index (χ1v) is 3.81.